The van der Waals surface area contributed by atoms with Crippen LogP contribution in [0, 0.1) is 6.92 Å². The number of aryl methyl sites for hydroxylation is 1. The van der Waals surface area contributed by atoms with Crippen molar-refractivity contribution in [3.63, 3.8) is 0 Å². The number of rotatable bonds is 7. The number of para-hydroxylation sites is 1. The molecule has 1 unspecified atom stereocenters. The molecule has 1 amide bonds. The zero-order valence-corrected chi connectivity index (χ0v) is 15.2. The van der Waals surface area contributed by atoms with Gasteiger partial charge >= 0.3 is 0 Å². The Morgan fingerprint density at radius 1 is 1.12 bits per heavy atom. The molecule has 0 bridgehead atoms. The number of benzene rings is 2. The van der Waals surface area contributed by atoms with Gasteiger partial charge in [-0.2, -0.15) is 0 Å². The predicted octanol–water partition coefficient (Wildman–Crippen LogP) is 2.56. The van der Waals surface area contributed by atoms with Crippen LogP contribution < -0.4 is 10.1 Å². The van der Waals surface area contributed by atoms with E-state index in [4.69, 9.17) is 9.47 Å². The molecule has 1 N–H and O–H groups in total. The highest BCUT2D eigenvalue weighted by atomic mass is 16.5. The fourth-order valence-electron chi connectivity index (χ4n) is 3.15. The third-order valence-corrected chi connectivity index (χ3v) is 4.62. The average Bonchev–Trinajstić information content (AvgIpc) is 2.69. The third kappa shape index (κ3) is 5.07. The molecule has 2 aromatic rings. The lowest BCUT2D eigenvalue weighted by atomic mass is 10.0. The first-order valence-electron chi connectivity index (χ1n) is 9.06. The Morgan fingerprint density at radius 2 is 1.81 bits per heavy atom. The van der Waals surface area contributed by atoms with Gasteiger partial charge in [-0.25, -0.2) is 0 Å². The van der Waals surface area contributed by atoms with E-state index in [1.54, 1.807) is 0 Å². The summed E-state index contributed by atoms with van der Waals surface area (Å²) in [5.41, 5.74) is 2.23. The molecule has 0 aromatic heterocycles. The van der Waals surface area contributed by atoms with Crippen LogP contribution in [0.2, 0.25) is 0 Å². The lowest BCUT2D eigenvalue weighted by molar-refractivity contribution is -0.123. The smallest absolute Gasteiger partial charge is 0.258 e. The van der Waals surface area contributed by atoms with Crippen molar-refractivity contribution in [1.82, 2.24) is 10.2 Å². The molecule has 1 aliphatic rings. The van der Waals surface area contributed by atoms with E-state index >= 15 is 0 Å². The van der Waals surface area contributed by atoms with E-state index in [1.807, 2.05) is 49.4 Å². The molecule has 1 fully saturated rings. The fraction of sp³-hybridized carbons (Fsp3) is 0.381. The second-order valence-electron chi connectivity index (χ2n) is 6.43. The number of hydrogen-bond donors (Lipinski definition) is 1. The van der Waals surface area contributed by atoms with Gasteiger partial charge in [-0.05, 0) is 24.1 Å². The summed E-state index contributed by atoms with van der Waals surface area (Å²) >= 11 is 0. The van der Waals surface area contributed by atoms with Gasteiger partial charge in [0.05, 0.1) is 19.3 Å². The molecule has 1 heterocycles. The first kappa shape index (κ1) is 18.4. The molecule has 5 nitrogen and oxygen atoms in total. The SMILES string of the molecule is Cc1ccccc1OCC(=O)NCC(c1ccccc1)N1CCOCC1. The van der Waals surface area contributed by atoms with Crippen molar-refractivity contribution in [2.24, 2.45) is 0 Å². The Kier molecular flexibility index (Phi) is 6.63. The largest absolute Gasteiger partial charge is 0.484 e. The zero-order chi connectivity index (χ0) is 18.2. The maximum Gasteiger partial charge on any atom is 0.258 e. The molecule has 1 saturated heterocycles. The Bertz CT molecular complexity index is 699. The molecular weight excluding hydrogens is 328 g/mol. The van der Waals surface area contributed by atoms with Crippen molar-refractivity contribution >= 4 is 5.91 Å². The second kappa shape index (κ2) is 9.36. The van der Waals surface area contributed by atoms with Crippen molar-refractivity contribution < 1.29 is 14.3 Å². The van der Waals surface area contributed by atoms with E-state index in [2.05, 4.69) is 22.3 Å². The van der Waals surface area contributed by atoms with Crippen molar-refractivity contribution in [1.29, 1.82) is 0 Å². The van der Waals surface area contributed by atoms with Gasteiger partial charge < -0.3 is 14.8 Å². The van der Waals surface area contributed by atoms with Gasteiger partial charge in [0, 0.05) is 19.6 Å². The van der Waals surface area contributed by atoms with Gasteiger partial charge in [0.25, 0.3) is 5.91 Å². The minimum absolute atomic E-state index is 0.0233. The van der Waals surface area contributed by atoms with Crippen LogP contribution in [0.1, 0.15) is 17.2 Å². The number of carbonyl (C=O) groups is 1. The summed E-state index contributed by atoms with van der Waals surface area (Å²) in [5.74, 6) is 0.637. The van der Waals surface area contributed by atoms with Gasteiger partial charge in [0.15, 0.2) is 6.61 Å². The van der Waals surface area contributed by atoms with Crippen LogP contribution in [0.15, 0.2) is 54.6 Å². The van der Waals surface area contributed by atoms with E-state index in [0.717, 1.165) is 37.6 Å². The zero-order valence-electron chi connectivity index (χ0n) is 15.2. The van der Waals surface area contributed by atoms with Crippen molar-refractivity contribution in [3.05, 3.63) is 65.7 Å². The van der Waals surface area contributed by atoms with Crippen molar-refractivity contribution in [2.75, 3.05) is 39.5 Å². The molecule has 26 heavy (non-hydrogen) atoms. The van der Waals surface area contributed by atoms with Crippen LogP contribution in [-0.2, 0) is 9.53 Å². The molecule has 3 rings (SSSR count). The Hall–Kier alpha value is -2.37. The summed E-state index contributed by atoms with van der Waals surface area (Å²) in [6, 6.07) is 18.1. The summed E-state index contributed by atoms with van der Waals surface area (Å²) in [6.45, 7) is 5.75. The molecule has 0 aliphatic carbocycles. The van der Waals surface area contributed by atoms with E-state index in [-0.39, 0.29) is 18.6 Å². The summed E-state index contributed by atoms with van der Waals surface area (Å²) in [4.78, 5) is 14.6. The lowest BCUT2D eigenvalue weighted by Crippen LogP contribution is -2.44. The molecule has 138 valence electrons. The predicted molar refractivity (Wildman–Crippen MR) is 101 cm³/mol. The first-order valence-corrected chi connectivity index (χ1v) is 9.06. The minimum atomic E-state index is -0.109. The molecule has 2 aromatic carbocycles. The molecule has 1 aliphatic heterocycles. The number of carbonyl (C=O) groups excluding carboxylic acids is 1. The molecule has 5 heteroatoms. The Labute approximate surface area is 154 Å². The summed E-state index contributed by atoms with van der Waals surface area (Å²) in [7, 11) is 0. The minimum Gasteiger partial charge on any atom is -0.484 e. The lowest BCUT2D eigenvalue weighted by Gasteiger charge is -2.34. The quantitative estimate of drug-likeness (QED) is 0.830. The molecule has 0 radical (unpaired) electrons. The van der Waals surface area contributed by atoms with E-state index in [0.29, 0.717) is 6.54 Å². The van der Waals surface area contributed by atoms with Crippen LogP contribution in [0.3, 0.4) is 0 Å². The van der Waals surface area contributed by atoms with Gasteiger partial charge in [-0.15, -0.1) is 0 Å². The fourth-order valence-corrected chi connectivity index (χ4v) is 3.15. The van der Waals surface area contributed by atoms with Crippen LogP contribution >= 0.6 is 0 Å². The molecule has 1 atom stereocenters. The Morgan fingerprint density at radius 3 is 2.54 bits per heavy atom. The second-order valence-corrected chi connectivity index (χ2v) is 6.43. The highest BCUT2D eigenvalue weighted by Crippen LogP contribution is 2.21. The molecule has 0 saturated carbocycles. The molecule has 0 spiro atoms. The summed E-state index contributed by atoms with van der Waals surface area (Å²) in [5, 5.41) is 3.02. The molecular formula is C21H26N2O3. The number of amides is 1. The van der Waals surface area contributed by atoms with Crippen LogP contribution in [0.4, 0.5) is 0 Å². The van der Waals surface area contributed by atoms with Crippen LogP contribution in [-0.4, -0.2) is 50.3 Å². The number of hydrogen-bond acceptors (Lipinski definition) is 4. The number of morpholine rings is 1. The number of nitrogens with zero attached hydrogens (tertiary/aromatic N) is 1. The average molecular weight is 354 g/mol. The third-order valence-electron chi connectivity index (χ3n) is 4.62. The van der Waals surface area contributed by atoms with E-state index in [1.165, 1.54) is 5.56 Å². The van der Waals surface area contributed by atoms with Gasteiger partial charge in [-0.3, -0.25) is 9.69 Å². The van der Waals surface area contributed by atoms with Gasteiger partial charge in [-0.1, -0.05) is 48.5 Å². The van der Waals surface area contributed by atoms with Crippen LogP contribution in [0.5, 0.6) is 5.75 Å². The van der Waals surface area contributed by atoms with E-state index in [9.17, 15) is 4.79 Å². The van der Waals surface area contributed by atoms with Gasteiger partial charge in [0.2, 0.25) is 0 Å². The van der Waals surface area contributed by atoms with Crippen molar-refractivity contribution in [3.8, 4) is 5.75 Å². The van der Waals surface area contributed by atoms with Crippen molar-refractivity contribution in [2.45, 2.75) is 13.0 Å². The number of nitrogens with one attached hydrogen (secondary N) is 1. The standard InChI is InChI=1S/C21H26N2O3/c1-17-7-5-6-10-20(17)26-16-21(24)22-15-19(18-8-3-2-4-9-18)23-11-13-25-14-12-23/h2-10,19H,11-16H2,1H3,(H,22,24). The monoisotopic (exact) mass is 354 g/mol. The topological polar surface area (TPSA) is 50.8 Å². The van der Waals surface area contributed by atoms with E-state index < -0.39 is 0 Å². The number of ether oxygens (including phenoxy) is 2. The highest BCUT2D eigenvalue weighted by molar-refractivity contribution is 5.77. The maximum atomic E-state index is 12.3. The summed E-state index contributed by atoms with van der Waals surface area (Å²) < 4.78 is 11.1. The normalized spacial score (nSPS) is 16.0. The van der Waals surface area contributed by atoms with Crippen LogP contribution in [0.25, 0.3) is 0 Å². The highest BCUT2D eigenvalue weighted by Gasteiger charge is 2.23. The Balaban J connectivity index is 1.56. The summed E-state index contributed by atoms with van der Waals surface area (Å²) in [6.07, 6.45) is 0. The first-order chi connectivity index (χ1) is 12.7. The maximum absolute atomic E-state index is 12.3. The van der Waals surface area contributed by atoms with Gasteiger partial charge in [0.1, 0.15) is 5.75 Å².